The van der Waals surface area contributed by atoms with Crippen molar-refractivity contribution in [1.82, 2.24) is 19.9 Å². The number of benzene rings is 4. The number of thiazole rings is 4. The third-order valence-electron chi connectivity index (χ3n) is 13.7. The maximum atomic E-state index is 12.9. The quantitative estimate of drug-likeness (QED) is 0.0295. The predicted molar refractivity (Wildman–Crippen MR) is 377 cm³/mol. The van der Waals surface area contributed by atoms with E-state index in [0.717, 1.165) is 109 Å². The first kappa shape index (κ1) is 76.7. The van der Waals surface area contributed by atoms with Gasteiger partial charge in [-0.05, 0) is 170 Å². The Balaban J connectivity index is 0.000000184. The number of methoxy groups -OCH3 is 1. The van der Waals surface area contributed by atoms with Gasteiger partial charge < -0.3 is 52.3 Å². The van der Waals surface area contributed by atoms with Crippen molar-refractivity contribution >= 4 is 74.2 Å². The number of anilines is 1. The summed E-state index contributed by atoms with van der Waals surface area (Å²) in [5, 5.41) is 7.30. The summed E-state index contributed by atoms with van der Waals surface area (Å²) in [5.74, 6) is -0.0728. The first-order chi connectivity index (χ1) is 47.0. The number of rotatable bonds is 25. The summed E-state index contributed by atoms with van der Waals surface area (Å²) < 4.78 is 91.9. The number of carbonyl (C=O) groups excluding carboxylic acids is 4. The van der Waals surface area contributed by atoms with Gasteiger partial charge in [0.25, 0.3) is 0 Å². The lowest BCUT2D eigenvalue weighted by molar-refractivity contribution is -0.216. The molecule has 1 aliphatic carbocycles. The van der Waals surface area contributed by atoms with Gasteiger partial charge >= 0.3 is 30.1 Å². The van der Waals surface area contributed by atoms with Crippen LogP contribution in [0.5, 0.6) is 28.1 Å². The molecule has 4 aromatic heterocycles. The molecule has 1 saturated heterocycles. The SMILES string of the molecule is CCCCOc1sc(-c2ccc(OCC)cc2)nc1C(=O)OCC.CCOc1ccc(-c2nc(C(=O)OC(C(C)C)C(F)(F)F)cs2)cc1.CCOc1ccc(-c2nc(C(=O)OC(C)(C)C)c(N3CCOCC3)s2)cc1.COc1ccc(-c2nc(C(=O)OCC3=CCC=C3)cs2)cc1. The molecule has 19 nitrogen and oxygen atoms in total. The fourth-order valence-electron chi connectivity index (χ4n) is 8.95. The minimum Gasteiger partial charge on any atom is -0.497 e. The van der Waals surface area contributed by atoms with Crippen molar-refractivity contribution in [3.05, 3.63) is 154 Å². The average molecular weight is 1430 g/mol. The number of morpholine rings is 1. The highest BCUT2D eigenvalue weighted by molar-refractivity contribution is 7.19. The predicted octanol–water partition coefficient (Wildman–Crippen LogP) is 17.4. The van der Waals surface area contributed by atoms with Gasteiger partial charge in [-0.15, -0.1) is 22.7 Å². The van der Waals surface area contributed by atoms with Crippen LogP contribution in [0.15, 0.2) is 132 Å². The van der Waals surface area contributed by atoms with Crippen molar-refractivity contribution in [2.24, 2.45) is 5.92 Å². The highest BCUT2D eigenvalue weighted by atomic mass is 32.1. The summed E-state index contributed by atoms with van der Waals surface area (Å²) in [7, 11) is 1.63. The fourth-order valence-corrected chi connectivity index (χ4v) is 12.6. The van der Waals surface area contributed by atoms with Crippen LogP contribution in [-0.2, 0) is 23.7 Å². The molecule has 0 spiro atoms. The molecule has 1 fully saturated rings. The lowest BCUT2D eigenvalue weighted by Gasteiger charge is -2.28. The van der Waals surface area contributed by atoms with Crippen LogP contribution in [0.4, 0.5) is 18.2 Å². The van der Waals surface area contributed by atoms with Gasteiger partial charge in [-0.2, -0.15) is 13.2 Å². The molecule has 2 aliphatic rings. The van der Waals surface area contributed by atoms with E-state index in [1.165, 1.54) is 53.2 Å². The van der Waals surface area contributed by atoms with Crippen molar-refractivity contribution in [2.75, 3.05) is 78.0 Å². The molecule has 4 aromatic carbocycles. The number of hydrogen-bond acceptors (Lipinski definition) is 23. The second kappa shape index (κ2) is 37.9. The van der Waals surface area contributed by atoms with Gasteiger partial charge in [-0.1, -0.05) is 68.1 Å². The molecule has 0 saturated carbocycles. The molecule has 0 amide bonds. The van der Waals surface area contributed by atoms with Crippen LogP contribution >= 0.6 is 45.3 Å². The highest BCUT2D eigenvalue weighted by Gasteiger charge is 2.45. The number of carbonyl (C=O) groups is 4. The normalized spacial score (nSPS) is 12.9. The first-order valence-corrected chi connectivity index (χ1v) is 35.4. The fraction of sp³-hybridized carbons (Fsp3) is 0.389. The molecular weight excluding hydrogens is 1340 g/mol. The van der Waals surface area contributed by atoms with E-state index < -0.39 is 47.7 Å². The van der Waals surface area contributed by atoms with E-state index in [9.17, 15) is 32.3 Å². The average Bonchev–Trinajstić information content (AvgIpc) is 1.66. The highest BCUT2D eigenvalue weighted by Crippen LogP contribution is 2.39. The van der Waals surface area contributed by atoms with Gasteiger partial charge in [0.1, 0.15) is 60.2 Å². The summed E-state index contributed by atoms with van der Waals surface area (Å²) in [6.07, 6.45) is 2.14. The van der Waals surface area contributed by atoms with Gasteiger partial charge in [0.2, 0.25) is 10.8 Å². The Labute approximate surface area is 585 Å². The van der Waals surface area contributed by atoms with E-state index in [1.54, 1.807) is 43.7 Å². The Morgan fingerprint density at radius 3 is 1.52 bits per heavy atom. The second-order valence-corrected chi connectivity index (χ2v) is 26.3. The maximum Gasteiger partial charge on any atom is 0.425 e. The zero-order valence-corrected chi connectivity index (χ0v) is 60.0. The first-order valence-electron chi connectivity index (χ1n) is 32.0. The minimum absolute atomic E-state index is 0.135. The number of aromatic nitrogens is 4. The largest absolute Gasteiger partial charge is 0.497 e. The molecule has 0 N–H and O–H groups in total. The Morgan fingerprint density at radius 1 is 0.582 bits per heavy atom. The van der Waals surface area contributed by atoms with Crippen LogP contribution in [0.3, 0.4) is 0 Å². The minimum atomic E-state index is -4.61. The van der Waals surface area contributed by atoms with E-state index in [1.807, 2.05) is 133 Å². The number of alkyl halides is 3. The summed E-state index contributed by atoms with van der Waals surface area (Å²) >= 11 is 5.45. The van der Waals surface area contributed by atoms with Crippen LogP contribution < -0.4 is 28.6 Å². The molecule has 0 radical (unpaired) electrons. The number of nitrogens with zero attached hydrogens (tertiary/aromatic N) is 5. The molecule has 5 heterocycles. The topological polar surface area (TPSA) is 215 Å². The molecule has 524 valence electrons. The van der Waals surface area contributed by atoms with Gasteiger partial charge in [0, 0.05) is 46.1 Å². The van der Waals surface area contributed by atoms with Crippen LogP contribution in [-0.4, -0.2) is 135 Å². The summed E-state index contributed by atoms with van der Waals surface area (Å²) in [6.45, 7) is 23.6. The zero-order valence-electron chi connectivity index (χ0n) is 56.7. The Hall–Kier alpha value is -8.69. The molecule has 0 bridgehead atoms. The number of hydrogen-bond donors (Lipinski definition) is 0. The van der Waals surface area contributed by atoms with Gasteiger partial charge in [-0.3, -0.25) is 0 Å². The third-order valence-corrected chi connectivity index (χ3v) is 17.6. The molecule has 1 unspecified atom stereocenters. The monoisotopic (exact) mass is 1430 g/mol. The number of esters is 4. The molecule has 98 heavy (non-hydrogen) atoms. The third kappa shape index (κ3) is 23.2. The van der Waals surface area contributed by atoms with E-state index in [2.05, 4.69) is 36.5 Å². The van der Waals surface area contributed by atoms with E-state index >= 15 is 0 Å². The maximum absolute atomic E-state index is 12.9. The number of ether oxygens (including phenoxy) is 10. The van der Waals surface area contributed by atoms with E-state index in [-0.39, 0.29) is 11.4 Å². The Bertz CT molecular complexity index is 3870. The Morgan fingerprint density at radius 2 is 1.07 bits per heavy atom. The van der Waals surface area contributed by atoms with Crippen molar-refractivity contribution in [3.8, 4) is 70.3 Å². The van der Waals surface area contributed by atoms with Gasteiger partial charge in [-0.25, -0.2) is 39.1 Å². The second-order valence-electron chi connectivity index (χ2n) is 22.6. The summed E-state index contributed by atoms with van der Waals surface area (Å²) in [6, 6.07) is 30.0. The number of allylic oxidation sites excluding steroid dienone is 2. The van der Waals surface area contributed by atoms with Gasteiger partial charge in [0.05, 0.1) is 53.4 Å². The molecular formula is C72H82F3N5O14S4. The van der Waals surface area contributed by atoms with Crippen molar-refractivity contribution < 1.29 is 79.7 Å². The molecule has 26 heteroatoms. The smallest absolute Gasteiger partial charge is 0.425 e. The van der Waals surface area contributed by atoms with Crippen molar-refractivity contribution in [3.63, 3.8) is 0 Å². The number of unbranched alkanes of at least 4 members (excludes halogenated alkanes) is 1. The lowest BCUT2D eigenvalue weighted by atomic mass is 10.1. The molecule has 8 aromatic rings. The Kier molecular flexibility index (Phi) is 29.6. The van der Waals surface area contributed by atoms with Crippen LogP contribution in [0.25, 0.3) is 42.3 Å². The zero-order chi connectivity index (χ0) is 70.8. The van der Waals surface area contributed by atoms with Gasteiger partial charge in [0.15, 0.2) is 23.2 Å². The van der Waals surface area contributed by atoms with E-state index in [0.29, 0.717) is 80.1 Å². The van der Waals surface area contributed by atoms with Crippen molar-refractivity contribution in [1.29, 1.82) is 0 Å². The van der Waals surface area contributed by atoms with Crippen molar-refractivity contribution in [2.45, 2.75) is 106 Å². The number of halogens is 3. The molecule has 10 rings (SSSR count). The van der Waals surface area contributed by atoms with Crippen LogP contribution in [0.1, 0.15) is 130 Å². The summed E-state index contributed by atoms with van der Waals surface area (Å²) in [5.41, 5.74) is 4.85. The van der Waals surface area contributed by atoms with Crippen LogP contribution in [0.2, 0.25) is 0 Å². The molecule has 1 atom stereocenters. The lowest BCUT2D eigenvalue weighted by Crippen LogP contribution is -2.38. The molecule has 1 aliphatic heterocycles. The summed E-state index contributed by atoms with van der Waals surface area (Å²) in [4.78, 5) is 68.5. The van der Waals surface area contributed by atoms with E-state index in [4.69, 9.17) is 42.6 Å². The standard InChI is InChI=1S/C20H26N2O4S.C18H23NO4S.C17H18F3NO3S.C17H15NO3S/c1-5-25-15-8-6-14(7-9-15)17-21-16(19(23)26-20(2,3)4)18(27-17)22-10-12-24-13-11-22;1-4-7-12-23-18-15(17(20)22-6-3)19-16(24-18)13-8-10-14(11-9-13)21-5-2;1-4-23-12-7-5-11(6-8-12)15-21-13(9-25-15)16(22)24-14(10(2)3)17(18,19)20;1-20-14-8-6-13(7-9-14)16-18-15(11-22-16)17(19)21-10-12-4-2-3-5-12/h6-9H,5,10-13H2,1-4H3;8-11H,4-7,12H2,1-3H3;5-10,14H,4H2,1-3H3;2,4-9,11H,3,10H2,1H3. The van der Waals surface area contributed by atoms with Crippen LogP contribution in [0, 0.1) is 5.92 Å².